The molecule has 11 nitrogen and oxygen atoms in total. The molecule has 0 atom stereocenters. The molecule has 236 valence electrons. The minimum atomic E-state index is -3.59. The van der Waals surface area contributed by atoms with Crippen LogP contribution in [0.25, 0.3) is 10.8 Å². The van der Waals surface area contributed by atoms with Crippen LogP contribution in [0.5, 0.6) is 17.2 Å². The molecule has 46 heavy (non-hydrogen) atoms. The monoisotopic (exact) mass is 656 g/mol. The first-order valence-corrected chi connectivity index (χ1v) is 16.2. The van der Waals surface area contributed by atoms with Crippen LogP contribution in [0.3, 0.4) is 0 Å². The maximum atomic E-state index is 12.3. The second-order valence-electron chi connectivity index (χ2n) is 10.0. The molecule has 5 aromatic rings. The van der Waals surface area contributed by atoms with Crippen molar-refractivity contribution in [2.75, 3.05) is 26.1 Å². The number of hydrogen-bond acceptors (Lipinski definition) is 11. The van der Waals surface area contributed by atoms with Crippen LogP contribution in [0.2, 0.25) is 0 Å². The Hall–Kier alpha value is -4.98. The molecule has 0 amide bonds. The Kier molecular flexibility index (Phi) is 10.2. The zero-order chi connectivity index (χ0) is 32.7. The molecular weight excluding hydrogens is 625 g/mol. The molecule has 0 fully saturated rings. The standard InChI is InChI=1S/C33H32N6O5S2/c1-4-16-34-46(41,42)25-13-10-23(11-14-25)36-37-27-19-30(44-3)28(20-29(27)43-2)38-39-32-31(45)18-21-17-24(12-15-26(21)33(32)40)35-22-8-6-5-7-9-22/h5-15,17-20,34-35,40,45H,4,16H2,1-3H3/b37-36+,39-38+. The summed E-state index contributed by atoms with van der Waals surface area (Å²) in [4.78, 5) is 0.572. The Morgan fingerprint density at radius 2 is 1.43 bits per heavy atom. The number of sulfonamides is 1. The minimum absolute atomic E-state index is 0.0613. The highest BCUT2D eigenvalue weighted by atomic mass is 32.2. The molecule has 0 radical (unpaired) electrons. The van der Waals surface area contributed by atoms with Gasteiger partial charge in [0.1, 0.15) is 28.6 Å². The van der Waals surface area contributed by atoms with Crippen LogP contribution in [0.15, 0.2) is 121 Å². The molecule has 5 aromatic carbocycles. The summed E-state index contributed by atoms with van der Waals surface area (Å²) in [6.45, 7) is 2.24. The van der Waals surface area contributed by atoms with Crippen LogP contribution in [0, 0.1) is 0 Å². The third-order valence-electron chi connectivity index (χ3n) is 6.83. The van der Waals surface area contributed by atoms with Gasteiger partial charge in [0.15, 0.2) is 5.75 Å². The van der Waals surface area contributed by atoms with Gasteiger partial charge in [0, 0.05) is 40.3 Å². The highest BCUT2D eigenvalue weighted by Crippen LogP contribution is 2.44. The van der Waals surface area contributed by atoms with E-state index in [1.165, 1.54) is 26.4 Å². The summed E-state index contributed by atoms with van der Waals surface area (Å²) in [5, 5.41) is 33.0. The minimum Gasteiger partial charge on any atom is -0.505 e. The number of para-hydroxylation sites is 1. The summed E-state index contributed by atoms with van der Waals surface area (Å²) in [7, 11) is -0.630. The quantitative estimate of drug-likeness (QED) is 0.0778. The molecule has 0 bridgehead atoms. The largest absolute Gasteiger partial charge is 0.505 e. The number of rotatable bonds is 12. The average molecular weight is 657 g/mol. The summed E-state index contributed by atoms with van der Waals surface area (Å²) in [6, 6.07) is 26.4. The number of nitrogens with zero attached hydrogens (tertiary/aromatic N) is 4. The van der Waals surface area contributed by atoms with Gasteiger partial charge in [-0.15, -0.1) is 28.0 Å². The third-order valence-corrected chi connectivity index (χ3v) is 8.65. The van der Waals surface area contributed by atoms with Crippen molar-refractivity contribution in [3.63, 3.8) is 0 Å². The number of nitrogens with one attached hydrogen (secondary N) is 2. The van der Waals surface area contributed by atoms with Gasteiger partial charge in [-0.1, -0.05) is 25.1 Å². The van der Waals surface area contributed by atoms with Crippen molar-refractivity contribution in [3.8, 4) is 17.2 Å². The predicted molar refractivity (Wildman–Crippen MR) is 182 cm³/mol. The van der Waals surface area contributed by atoms with Crippen molar-refractivity contribution in [2.24, 2.45) is 20.5 Å². The van der Waals surface area contributed by atoms with E-state index in [0.717, 1.165) is 16.8 Å². The normalized spacial score (nSPS) is 11.8. The lowest BCUT2D eigenvalue weighted by molar-refractivity contribution is 0.405. The van der Waals surface area contributed by atoms with Crippen molar-refractivity contribution >= 4 is 67.5 Å². The highest BCUT2D eigenvalue weighted by molar-refractivity contribution is 7.89. The van der Waals surface area contributed by atoms with Gasteiger partial charge in [0.2, 0.25) is 10.0 Å². The molecule has 0 unspecified atom stereocenters. The Morgan fingerprint density at radius 1 is 0.783 bits per heavy atom. The summed E-state index contributed by atoms with van der Waals surface area (Å²) < 4.78 is 38.3. The Labute approximate surface area is 272 Å². The smallest absolute Gasteiger partial charge is 0.240 e. The maximum absolute atomic E-state index is 12.3. The summed E-state index contributed by atoms with van der Waals surface area (Å²) in [6.07, 6.45) is 0.688. The molecule has 0 saturated heterocycles. The lowest BCUT2D eigenvalue weighted by Gasteiger charge is -2.11. The number of phenols is 1. The number of methoxy groups -OCH3 is 2. The van der Waals surface area contributed by atoms with Gasteiger partial charge in [-0.25, -0.2) is 13.1 Å². The van der Waals surface area contributed by atoms with Crippen molar-refractivity contribution in [3.05, 3.63) is 91.0 Å². The number of phenolic OH excluding ortho intramolecular Hbond substituents is 1. The predicted octanol–water partition coefficient (Wildman–Crippen LogP) is 9.11. The van der Waals surface area contributed by atoms with E-state index in [9.17, 15) is 13.5 Å². The number of anilines is 2. The molecule has 0 aliphatic rings. The fourth-order valence-corrected chi connectivity index (χ4v) is 5.90. The second kappa shape index (κ2) is 14.4. The fraction of sp³-hybridized carbons (Fsp3) is 0.152. The van der Waals surface area contributed by atoms with Crippen LogP contribution in [0.4, 0.5) is 34.1 Å². The lowest BCUT2D eigenvalue weighted by Crippen LogP contribution is -2.24. The number of benzene rings is 5. The van der Waals surface area contributed by atoms with E-state index >= 15 is 0 Å². The summed E-state index contributed by atoms with van der Waals surface area (Å²) in [5.41, 5.74) is 3.11. The summed E-state index contributed by atoms with van der Waals surface area (Å²) in [5.74, 6) is 0.613. The molecule has 3 N–H and O–H groups in total. The van der Waals surface area contributed by atoms with Gasteiger partial charge in [-0.05, 0) is 72.5 Å². The average Bonchev–Trinajstić information content (AvgIpc) is 3.06. The molecule has 0 aromatic heterocycles. The second-order valence-corrected chi connectivity index (χ2v) is 12.3. The first kappa shape index (κ1) is 32.4. The van der Waals surface area contributed by atoms with Crippen LogP contribution in [-0.2, 0) is 10.0 Å². The van der Waals surface area contributed by atoms with Gasteiger partial charge >= 0.3 is 0 Å². The van der Waals surface area contributed by atoms with E-state index in [0.29, 0.717) is 51.8 Å². The van der Waals surface area contributed by atoms with E-state index in [4.69, 9.17) is 9.47 Å². The number of ether oxygens (including phenoxy) is 2. The lowest BCUT2D eigenvalue weighted by atomic mass is 10.1. The Morgan fingerprint density at radius 3 is 2.07 bits per heavy atom. The summed E-state index contributed by atoms with van der Waals surface area (Å²) >= 11 is 4.57. The number of fused-ring (bicyclic) bond motifs is 1. The number of hydrogen-bond donors (Lipinski definition) is 4. The topological polar surface area (TPSA) is 146 Å². The van der Waals surface area contributed by atoms with Gasteiger partial charge in [0.05, 0.1) is 24.8 Å². The number of aromatic hydroxyl groups is 1. The zero-order valence-electron chi connectivity index (χ0n) is 25.3. The zero-order valence-corrected chi connectivity index (χ0v) is 27.0. The van der Waals surface area contributed by atoms with Crippen LogP contribution < -0.4 is 19.5 Å². The Balaban J connectivity index is 1.39. The first-order valence-electron chi connectivity index (χ1n) is 14.2. The molecule has 13 heteroatoms. The molecule has 0 saturated carbocycles. The molecular formula is C33H32N6O5S2. The van der Waals surface area contributed by atoms with E-state index in [1.54, 1.807) is 30.3 Å². The highest BCUT2D eigenvalue weighted by Gasteiger charge is 2.15. The van der Waals surface area contributed by atoms with Crippen LogP contribution in [0.1, 0.15) is 13.3 Å². The van der Waals surface area contributed by atoms with Crippen LogP contribution in [-0.4, -0.2) is 34.3 Å². The molecule has 0 heterocycles. The van der Waals surface area contributed by atoms with E-state index in [2.05, 4.69) is 43.1 Å². The maximum Gasteiger partial charge on any atom is 0.240 e. The molecule has 0 aliphatic heterocycles. The van der Waals surface area contributed by atoms with E-state index in [-0.39, 0.29) is 16.3 Å². The number of thiol groups is 1. The van der Waals surface area contributed by atoms with E-state index < -0.39 is 10.0 Å². The van der Waals surface area contributed by atoms with Crippen molar-refractivity contribution in [1.29, 1.82) is 0 Å². The van der Waals surface area contributed by atoms with Crippen molar-refractivity contribution < 1.29 is 23.0 Å². The van der Waals surface area contributed by atoms with Gasteiger partial charge in [-0.3, -0.25) is 0 Å². The van der Waals surface area contributed by atoms with Gasteiger partial charge < -0.3 is 19.9 Å². The van der Waals surface area contributed by atoms with E-state index in [1.807, 2.05) is 55.5 Å². The van der Waals surface area contributed by atoms with Crippen molar-refractivity contribution in [1.82, 2.24) is 4.72 Å². The Bertz CT molecular complexity index is 2020. The third kappa shape index (κ3) is 7.45. The van der Waals surface area contributed by atoms with Gasteiger partial charge in [0.25, 0.3) is 0 Å². The first-order chi connectivity index (χ1) is 22.2. The van der Waals surface area contributed by atoms with Crippen molar-refractivity contribution in [2.45, 2.75) is 23.1 Å². The van der Waals surface area contributed by atoms with Gasteiger partial charge in [-0.2, -0.15) is 5.11 Å². The number of azo groups is 2. The molecule has 5 rings (SSSR count). The molecule has 0 aliphatic carbocycles. The fourth-order valence-electron chi connectivity index (χ4n) is 4.48. The van der Waals surface area contributed by atoms with Crippen LogP contribution >= 0.6 is 12.6 Å². The SMILES string of the molecule is CCCNS(=O)(=O)c1ccc(/N=N/c2cc(OC)c(/N=N/c3c(S)cc4cc(Nc5ccccc5)ccc4c3O)cc2OC)cc1. The molecule has 0 spiro atoms.